The average molecular weight is 301 g/mol. The van der Waals surface area contributed by atoms with E-state index in [-0.39, 0.29) is 11.5 Å². The van der Waals surface area contributed by atoms with Gasteiger partial charge in [0.1, 0.15) is 0 Å². The first-order chi connectivity index (χ1) is 10.1. The highest BCUT2D eigenvalue weighted by atomic mass is 32.2. The number of carboxylic acids is 1. The van der Waals surface area contributed by atoms with E-state index < -0.39 is 5.97 Å². The third kappa shape index (κ3) is 4.96. The van der Waals surface area contributed by atoms with Gasteiger partial charge in [0.05, 0.1) is 5.56 Å². The molecular formula is C16H15NO3S. The van der Waals surface area contributed by atoms with Crippen LogP contribution in [0, 0.1) is 0 Å². The molecule has 0 heterocycles. The van der Waals surface area contributed by atoms with E-state index in [0.29, 0.717) is 17.9 Å². The van der Waals surface area contributed by atoms with Crippen molar-refractivity contribution in [2.75, 3.05) is 11.1 Å². The van der Waals surface area contributed by atoms with Crippen LogP contribution in [0.15, 0.2) is 59.5 Å². The molecule has 4 nitrogen and oxygen atoms in total. The molecule has 0 atom stereocenters. The number of carbonyl (C=O) groups is 2. The highest BCUT2D eigenvalue weighted by molar-refractivity contribution is 7.99. The van der Waals surface area contributed by atoms with Crippen molar-refractivity contribution in [1.29, 1.82) is 0 Å². The maximum absolute atomic E-state index is 11.8. The molecule has 0 aliphatic rings. The number of hydrogen-bond donors (Lipinski definition) is 2. The molecule has 0 radical (unpaired) electrons. The monoisotopic (exact) mass is 301 g/mol. The normalized spacial score (nSPS) is 10.1. The van der Waals surface area contributed by atoms with E-state index in [9.17, 15) is 9.59 Å². The van der Waals surface area contributed by atoms with Gasteiger partial charge in [-0.25, -0.2) is 4.79 Å². The lowest BCUT2D eigenvalue weighted by Crippen LogP contribution is -2.12. The van der Waals surface area contributed by atoms with Crippen LogP contribution in [0.3, 0.4) is 0 Å². The molecule has 0 aliphatic carbocycles. The van der Waals surface area contributed by atoms with E-state index in [1.165, 1.54) is 12.1 Å². The molecule has 21 heavy (non-hydrogen) atoms. The number of rotatable bonds is 6. The van der Waals surface area contributed by atoms with Crippen LogP contribution in [0.25, 0.3) is 0 Å². The first-order valence-corrected chi connectivity index (χ1v) is 7.45. The van der Waals surface area contributed by atoms with Gasteiger partial charge in [-0.3, -0.25) is 4.79 Å². The molecule has 1 amide bonds. The Bertz CT molecular complexity index is 628. The molecule has 0 saturated heterocycles. The largest absolute Gasteiger partial charge is 0.478 e. The standard InChI is InChI=1S/C16H15NO3S/c18-15(9-10-21-14-7-2-1-3-8-14)17-13-6-4-5-12(11-13)16(19)20/h1-8,11H,9-10H2,(H,17,18)(H,19,20). The molecule has 0 aromatic heterocycles. The first kappa shape index (κ1) is 15.1. The van der Waals surface area contributed by atoms with Crippen LogP contribution in [-0.4, -0.2) is 22.7 Å². The van der Waals surface area contributed by atoms with Gasteiger partial charge in [0.15, 0.2) is 0 Å². The highest BCUT2D eigenvalue weighted by Gasteiger charge is 2.06. The summed E-state index contributed by atoms with van der Waals surface area (Å²) in [6, 6.07) is 16.1. The summed E-state index contributed by atoms with van der Waals surface area (Å²) in [6.45, 7) is 0. The van der Waals surface area contributed by atoms with E-state index in [4.69, 9.17) is 5.11 Å². The van der Waals surface area contributed by atoms with Gasteiger partial charge < -0.3 is 10.4 Å². The van der Waals surface area contributed by atoms with Crippen molar-refractivity contribution in [3.8, 4) is 0 Å². The van der Waals surface area contributed by atoms with Gasteiger partial charge in [-0.2, -0.15) is 0 Å². The lowest BCUT2D eigenvalue weighted by atomic mass is 10.2. The zero-order valence-corrected chi connectivity index (χ0v) is 12.1. The van der Waals surface area contributed by atoms with Crippen LogP contribution in [-0.2, 0) is 4.79 Å². The molecule has 2 rings (SSSR count). The van der Waals surface area contributed by atoms with Gasteiger partial charge in [0.25, 0.3) is 0 Å². The summed E-state index contributed by atoms with van der Waals surface area (Å²) in [5.41, 5.74) is 0.663. The quantitative estimate of drug-likeness (QED) is 0.801. The molecule has 0 aliphatic heterocycles. The van der Waals surface area contributed by atoms with Crippen molar-refractivity contribution in [2.45, 2.75) is 11.3 Å². The zero-order valence-electron chi connectivity index (χ0n) is 11.3. The Morgan fingerprint density at radius 1 is 1.05 bits per heavy atom. The van der Waals surface area contributed by atoms with E-state index in [0.717, 1.165) is 4.90 Å². The van der Waals surface area contributed by atoms with Gasteiger partial charge in [-0.15, -0.1) is 11.8 Å². The Hall–Kier alpha value is -2.27. The van der Waals surface area contributed by atoms with Crippen molar-refractivity contribution in [2.24, 2.45) is 0 Å². The first-order valence-electron chi connectivity index (χ1n) is 6.46. The van der Waals surface area contributed by atoms with Crippen molar-refractivity contribution in [3.05, 3.63) is 60.2 Å². The number of hydrogen-bond acceptors (Lipinski definition) is 3. The van der Waals surface area contributed by atoms with Crippen LogP contribution in [0.2, 0.25) is 0 Å². The predicted molar refractivity (Wildman–Crippen MR) is 83.8 cm³/mol. The van der Waals surface area contributed by atoms with Gasteiger partial charge in [0, 0.05) is 22.8 Å². The summed E-state index contributed by atoms with van der Waals surface area (Å²) in [4.78, 5) is 23.8. The predicted octanol–water partition coefficient (Wildman–Crippen LogP) is 3.51. The van der Waals surface area contributed by atoms with E-state index in [2.05, 4.69) is 5.32 Å². The maximum Gasteiger partial charge on any atom is 0.335 e. The third-order valence-electron chi connectivity index (χ3n) is 2.73. The SMILES string of the molecule is O=C(CCSc1ccccc1)Nc1cccc(C(=O)O)c1. The van der Waals surface area contributed by atoms with Crippen LogP contribution < -0.4 is 5.32 Å². The molecule has 2 aromatic carbocycles. The molecular weight excluding hydrogens is 286 g/mol. The van der Waals surface area contributed by atoms with E-state index in [1.54, 1.807) is 23.9 Å². The fraction of sp³-hybridized carbons (Fsp3) is 0.125. The van der Waals surface area contributed by atoms with Crippen molar-refractivity contribution in [3.63, 3.8) is 0 Å². The van der Waals surface area contributed by atoms with Gasteiger partial charge in [-0.1, -0.05) is 24.3 Å². The lowest BCUT2D eigenvalue weighted by molar-refractivity contribution is -0.115. The summed E-state index contributed by atoms with van der Waals surface area (Å²) in [5, 5.41) is 11.6. The summed E-state index contributed by atoms with van der Waals surface area (Å²) >= 11 is 1.61. The van der Waals surface area contributed by atoms with Crippen molar-refractivity contribution >= 4 is 29.3 Å². The summed E-state index contributed by atoms with van der Waals surface area (Å²) in [7, 11) is 0. The van der Waals surface area contributed by atoms with E-state index >= 15 is 0 Å². The van der Waals surface area contributed by atoms with Gasteiger partial charge >= 0.3 is 5.97 Å². The molecule has 0 unspecified atom stereocenters. The highest BCUT2D eigenvalue weighted by Crippen LogP contribution is 2.18. The van der Waals surface area contributed by atoms with Crippen molar-refractivity contribution < 1.29 is 14.7 Å². The number of nitrogens with one attached hydrogen (secondary N) is 1. The molecule has 0 fully saturated rings. The second-order valence-electron chi connectivity index (χ2n) is 4.35. The van der Waals surface area contributed by atoms with Gasteiger partial charge in [0.2, 0.25) is 5.91 Å². The summed E-state index contributed by atoms with van der Waals surface area (Å²) in [5.74, 6) is -0.458. The van der Waals surface area contributed by atoms with Gasteiger partial charge in [-0.05, 0) is 30.3 Å². The minimum Gasteiger partial charge on any atom is -0.478 e. The Labute approximate surface area is 127 Å². The van der Waals surface area contributed by atoms with Crippen LogP contribution in [0.1, 0.15) is 16.8 Å². The Kier molecular flexibility index (Phi) is 5.40. The fourth-order valence-electron chi connectivity index (χ4n) is 1.73. The fourth-order valence-corrected chi connectivity index (χ4v) is 2.60. The maximum atomic E-state index is 11.8. The molecule has 2 N–H and O–H groups in total. The second kappa shape index (κ2) is 7.50. The van der Waals surface area contributed by atoms with Crippen LogP contribution in [0.5, 0.6) is 0 Å². The molecule has 108 valence electrons. The third-order valence-corrected chi connectivity index (χ3v) is 3.75. The second-order valence-corrected chi connectivity index (χ2v) is 5.51. The molecule has 0 bridgehead atoms. The number of carboxylic acid groups (broad SMARTS) is 1. The number of aromatic carboxylic acids is 1. The summed E-state index contributed by atoms with van der Waals surface area (Å²) in [6.07, 6.45) is 0.372. The van der Waals surface area contributed by atoms with Crippen molar-refractivity contribution in [1.82, 2.24) is 0 Å². The van der Waals surface area contributed by atoms with E-state index in [1.807, 2.05) is 30.3 Å². The number of thioether (sulfide) groups is 1. The minimum absolute atomic E-state index is 0.124. The minimum atomic E-state index is -1.01. The number of carbonyl (C=O) groups excluding carboxylic acids is 1. The Balaban J connectivity index is 1.82. The van der Waals surface area contributed by atoms with Crippen LogP contribution >= 0.6 is 11.8 Å². The average Bonchev–Trinajstić information content (AvgIpc) is 2.48. The summed E-state index contributed by atoms with van der Waals surface area (Å²) < 4.78 is 0. The van der Waals surface area contributed by atoms with Crippen LogP contribution in [0.4, 0.5) is 5.69 Å². The topological polar surface area (TPSA) is 66.4 Å². The Morgan fingerprint density at radius 2 is 1.81 bits per heavy atom. The molecule has 0 saturated carbocycles. The molecule has 2 aromatic rings. The molecule has 5 heteroatoms. The number of amides is 1. The molecule has 0 spiro atoms. The Morgan fingerprint density at radius 3 is 2.52 bits per heavy atom. The smallest absolute Gasteiger partial charge is 0.335 e. The number of benzene rings is 2. The number of anilines is 1. The zero-order chi connectivity index (χ0) is 15.1. The lowest BCUT2D eigenvalue weighted by Gasteiger charge is -2.06.